The molecule has 1 saturated heterocycles. The van der Waals surface area contributed by atoms with E-state index < -0.39 is 0 Å². The van der Waals surface area contributed by atoms with E-state index in [9.17, 15) is 0 Å². The van der Waals surface area contributed by atoms with Crippen molar-refractivity contribution in [3.05, 3.63) is 6.33 Å². The number of nitrogens with two attached hydrogens (primary N) is 1. The Balaban J connectivity index is 2.05. The molecule has 0 spiro atoms. The van der Waals surface area contributed by atoms with E-state index in [-0.39, 0.29) is 0 Å². The highest BCUT2D eigenvalue weighted by atomic mass is 16.5. The van der Waals surface area contributed by atoms with Gasteiger partial charge in [-0.3, -0.25) is 0 Å². The molecule has 18 heavy (non-hydrogen) atoms. The second-order valence-electron chi connectivity index (χ2n) is 4.84. The first-order valence-electron chi connectivity index (χ1n) is 6.65. The predicted molar refractivity (Wildman–Crippen MR) is 72.8 cm³/mol. The van der Waals surface area contributed by atoms with Gasteiger partial charge < -0.3 is 15.4 Å². The predicted octanol–water partition coefficient (Wildman–Crippen LogP) is 2.08. The molecule has 1 aliphatic heterocycles. The smallest absolute Gasteiger partial charge is 0.242 e. The largest absolute Gasteiger partial charge is 0.479 e. The molecule has 1 aliphatic rings. The Bertz CT molecular complexity index is 389. The van der Waals surface area contributed by atoms with Crippen molar-refractivity contribution in [2.75, 3.05) is 30.8 Å². The second kappa shape index (κ2) is 5.89. The lowest BCUT2D eigenvalue weighted by Gasteiger charge is -2.33. The molecule has 2 rings (SSSR count). The fourth-order valence-electron chi connectivity index (χ4n) is 2.63. The van der Waals surface area contributed by atoms with Crippen LogP contribution in [0.1, 0.15) is 32.6 Å². The third kappa shape index (κ3) is 2.66. The van der Waals surface area contributed by atoms with Crippen LogP contribution in [0.25, 0.3) is 0 Å². The number of anilines is 2. The van der Waals surface area contributed by atoms with Gasteiger partial charge in [-0.15, -0.1) is 0 Å². The highest BCUT2D eigenvalue weighted by Crippen LogP contribution is 2.31. The van der Waals surface area contributed by atoms with E-state index in [4.69, 9.17) is 10.5 Å². The lowest BCUT2D eigenvalue weighted by Crippen LogP contribution is -2.34. The van der Waals surface area contributed by atoms with Crippen LogP contribution in [-0.4, -0.2) is 30.2 Å². The standard InChI is InChI=1S/C13H22N4O/c1-3-4-10-5-7-17(8-6-10)12-11(14)13(18-2)16-9-15-12/h9-10H,3-8,14H2,1-2H3. The summed E-state index contributed by atoms with van der Waals surface area (Å²) in [4.78, 5) is 10.5. The highest BCUT2D eigenvalue weighted by Gasteiger charge is 2.22. The minimum absolute atomic E-state index is 0.468. The third-order valence-corrected chi connectivity index (χ3v) is 3.63. The summed E-state index contributed by atoms with van der Waals surface area (Å²) in [6.07, 6.45) is 6.56. The van der Waals surface area contributed by atoms with Crippen LogP contribution in [-0.2, 0) is 0 Å². The summed E-state index contributed by atoms with van der Waals surface area (Å²) in [5.41, 5.74) is 6.58. The Morgan fingerprint density at radius 1 is 1.39 bits per heavy atom. The maximum absolute atomic E-state index is 6.03. The number of hydrogen-bond acceptors (Lipinski definition) is 5. The topological polar surface area (TPSA) is 64.3 Å². The van der Waals surface area contributed by atoms with Gasteiger partial charge in [-0.2, -0.15) is 4.98 Å². The lowest BCUT2D eigenvalue weighted by molar-refractivity contribution is 0.375. The number of piperidine rings is 1. The fourth-order valence-corrected chi connectivity index (χ4v) is 2.63. The quantitative estimate of drug-likeness (QED) is 0.886. The molecule has 5 heteroatoms. The maximum Gasteiger partial charge on any atom is 0.242 e. The molecule has 2 heterocycles. The van der Waals surface area contributed by atoms with Gasteiger partial charge in [-0.05, 0) is 18.8 Å². The van der Waals surface area contributed by atoms with Gasteiger partial charge in [0.05, 0.1) is 7.11 Å². The van der Waals surface area contributed by atoms with E-state index in [0.29, 0.717) is 11.6 Å². The second-order valence-corrected chi connectivity index (χ2v) is 4.84. The van der Waals surface area contributed by atoms with Crippen molar-refractivity contribution in [1.82, 2.24) is 9.97 Å². The molecule has 0 bridgehead atoms. The van der Waals surface area contributed by atoms with Gasteiger partial charge in [0.15, 0.2) is 5.82 Å². The van der Waals surface area contributed by atoms with Crippen LogP contribution in [0.2, 0.25) is 0 Å². The summed E-state index contributed by atoms with van der Waals surface area (Å²) in [6.45, 7) is 4.30. The van der Waals surface area contributed by atoms with Crippen LogP contribution in [0.3, 0.4) is 0 Å². The van der Waals surface area contributed by atoms with E-state index in [1.165, 1.54) is 32.0 Å². The summed E-state index contributed by atoms with van der Waals surface area (Å²) in [7, 11) is 1.58. The number of hydrogen-bond donors (Lipinski definition) is 1. The fraction of sp³-hybridized carbons (Fsp3) is 0.692. The molecule has 5 nitrogen and oxygen atoms in total. The van der Waals surface area contributed by atoms with Gasteiger partial charge in [0.1, 0.15) is 12.0 Å². The molecule has 0 aliphatic carbocycles. The van der Waals surface area contributed by atoms with Crippen LogP contribution >= 0.6 is 0 Å². The van der Waals surface area contributed by atoms with Crippen molar-refractivity contribution >= 4 is 11.5 Å². The van der Waals surface area contributed by atoms with Gasteiger partial charge >= 0.3 is 0 Å². The van der Waals surface area contributed by atoms with E-state index in [2.05, 4.69) is 21.8 Å². The number of rotatable bonds is 4. The van der Waals surface area contributed by atoms with E-state index in [0.717, 1.165) is 24.8 Å². The van der Waals surface area contributed by atoms with Crippen LogP contribution in [0.15, 0.2) is 6.33 Å². The summed E-state index contributed by atoms with van der Waals surface area (Å²) in [6, 6.07) is 0. The number of methoxy groups -OCH3 is 1. The Kier molecular flexibility index (Phi) is 4.23. The Morgan fingerprint density at radius 3 is 2.72 bits per heavy atom. The normalized spacial score (nSPS) is 16.9. The molecule has 1 aromatic heterocycles. The molecule has 0 radical (unpaired) electrons. The molecule has 1 aromatic rings. The summed E-state index contributed by atoms with van der Waals surface area (Å²) >= 11 is 0. The Labute approximate surface area is 108 Å². The third-order valence-electron chi connectivity index (χ3n) is 3.63. The monoisotopic (exact) mass is 250 g/mol. The molecular formula is C13H22N4O. The molecular weight excluding hydrogens is 228 g/mol. The van der Waals surface area contributed by atoms with Crippen molar-refractivity contribution in [2.24, 2.45) is 5.92 Å². The number of nitrogen functional groups attached to an aromatic ring is 1. The van der Waals surface area contributed by atoms with E-state index in [1.54, 1.807) is 7.11 Å². The Hall–Kier alpha value is -1.52. The summed E-state index contributed by atoms with van der Waals surface area (Å²) in [5, 5.41) is 0. The molecule has 0 unspecified atom stereocenters. The van der Waals surface area contributed by atoms with Gasteiger partial charge in [0.2, 0.25) is 5.88 Å². The lowest BCUT2D eigenvalue weighted by atomic mass is 9.92. The van der Waals surface area contributed by atoms with Gasteiger partial charge in [-0.1, -0.05) is 19.8 Å². The van der Waals surface area contributed by atoms with Crippen molar-refractivity contribution in [3.63, 3.8) is 0 Å². The molecule has 0 aromatic carbocycles. The Morgan fingerprint density at radius 2 is 2.11 bits per heavy atom. The first-order chi connectivity index (χ1) is 8.76. The molecule has 1 fully saturated rings. The van der Waals surface area contributed by atoms with E-state index >= 15 is 0 Å². The molecule has 0 saturated carbocycles. The number of ether oxygens (including phenoxy) is 1. The van der Waals surface area contributed by atoms with Crippen molar-refractivity contribution in [2.45, 2.75) is 32.6 Å². The molecule has 100 valence electrons. The maximum atomic E-state index is 6.03. The van der Waals surface area contributed by atoms with Crippen molar-refractivity contribution < 1.29 is 4.74 Å². The minimum atomic E-state index is 0.468. The van der Waals surface area contributed by atoms with E-state index in [1.807, 2.05) is 0 Å². The zero-order chi connectivity index (χ0) is 13.0. The van der Waals surface area contributed by atoms with Crippen molar-refractivity contribution in [1.29, 1.82) is 0 Å². The van der Waals surface area contributed by atoms with Crippen LogP contribution in [0.5, 0.6) is 5.88 Å². The SMILES string of the molecule is CCCC1CCN(c2ncnc(OC)c2N)CC1. The average molecular weight is 250 g/mol. The molecule has 0 atom stereocenters. The highest BCUT2D eigenvalue weighted by molar-refractivity contribution is 5.67. The zero-order valence-electron chi connectivity index (χ0n) is 11.2. The minimum Gasteiger partial charge on any atom is -0.479 e. The molecule has 2 N–H and O–H groups in total. The van der Waals surface area contributed by atoms with Crippen molar-refractivity contribution in [3.8, 4) is 5.88 Å². The zero-order valence-corrected chi connectivity index (χ0v) is 11.2. The summed E-state index contributed by atoms with van der Waals surface area (Å²) < 4.78 is 5.13. The van der Waals surface area contributed by atoms with Gasteiger partial charge in [0, 0.05) is 13.1 Å². The van der Waals surface area contributed by atoms with Crippen LogP contribution in [0, 0.1) is 5.92 Å². The molecule has 0 amide bonds. The summed E-state index contributed by atoms with van der Waals surface area (Å²) in [5.74, 6) is 2.14. The first kappa shape index (κ1) is 12.9. The van der Waals surface area contributed by atoms with Crippen LogP contribution in [0.4, 0.5) is 11.5 Å². The van der Waals surface area contributed by atoms with Gasteiger partial charge in [0.25, 0.3) is 0 Å². The van der Waals surface area contributed by atoms with Crippen LogP contribution < -0.4 is 15.4 Å². The number of aromatic nitrogens is 2. The van der Waals surface area contributed by atoms with Gasteiger partial charge in [-0.25, -0.2) is 4.98 Å². The first-order valence-corrected chi connectivity index (χ1v) is 6.65. The average Bonchev–Trinajstić information content (AvgIpc) is 2.41. The number of nitrogens with zero attached hydrogens (tertiary/aromatic N) is 3.